The molecular formula is C22H26ClN3O3. The summed E-state index contributed by atoms with van der Waals surface area (Å²) in [5.74, 6) is 0.137. The fourth-order valence-electron chi connectivity index (χ4n) is 3.42. The van der Waals surface area contributed by atoms with Crippen LogP contribution >= 0.6 is 12.4 Å². The maximum atomic E-state index is 13.3. The number of ether oxygens (including phenoxy) is 1. The lowest BCUT2D eigenvalue weighted by molar-refractivity contribution is -0.119. The lowest BCUT2D eigenvalue weighted by Crippen LogP contribution is -2.28. The largest absolute Gasteiger partial charge is 0.484 e. The second-order valence-corrected chi connectivity index (χ2v) is 7.16. The van der Waals surface area contributed by atoms with E-state index in [-0.39, 0.29) is 37.0 Å². The van der Waals surface area contributed by atoms with Crippen molar-refractivity contribution in [3.05, 3.63) is 64.6 Å². The molecule has 1 heterocycles. The number of hydrogen-bond donors (Lipinski definition) is 2. The lowest BCUT2D eigenvalue weighted by Gasteiger charge is -2.21. The van der Waals surface area contributed by atoms with Crippen molar-refractivity contribution in [1.29, 1.82) is 0 Å². The number of carbonyl (C=O) groups excluding carboxylic acids is 1. The molecule has 0 bridgehead atoms. The first kappa shape index (κ1) is 22.5. The van der Waals surface area contributed by atoms with Crippen molar-refractivity contribution >= 4 is 29.1 Å². The molecule has 0 saturated heterocycles. The number of fused-ring (bicyclic) bond motifs is 1. The number of nitrogens with two attached hydrogens (primary N) is 2. The molecule has 3 aromatic rings. The monoisotopic (exact) mass is 415 g/mol. The summed E-state index contributed by atoms with van der Waals surface area (Å²) in [6.45, 7) is 4.70. The molecule has 0 saturated carbocycles. The second kappa shape index (κ2) is 9.58. The van der Waals surface area contributed by atoms with Crippen molar-refractivity contribution in [3.8, 4) is 16.9 Å². The van der Waals surface area contributed by atoms with Crippen LogP contribution in [-0.4, -0.2) is 17.1 Å². The third kappa shape index (κ3) is 4.78. The van der Waals surface area contributed by atoms with Crippen LogP contribution in [0.2, 0.25) is 0 Å². The molecule has 0 atom stereocenters. The van der Waals surface area contributed by atoms with Gasteiger partial charge in [-0.3, -0.25) is 9.59 Å². The van der Waals surface area contributed by atoms with Gasteiger partial charge >= 0.3 is 0 Å². The number of primary amides is 1. The molecule has 0 unspecified atom stereocenters. The van der Waals surface area contributed by atoms with Gasteiger partial charge in [-0.15, -0.1) is 12.4 Å². The molecule has 7 heteroatoms. The molecule has 0 radical (unpaired) electrons. The number of nitrogens with zero attached hydrogens (tertiary/aromatic N) is 1. The van der Waals surface area contributed by atoms with Crippen LogP contribution in [0.3, 0.4) is 0 Å². The number of hydrogen-bond acceptors (Lipinski definition) is 4. The Bertz CT molecular complexity index is 1060. The van der Waals surface area contributed by atoms with Gasteiger partial charge in [0.05, 0.1) is 5.39 Å². The standard InChI is InChI=1S/C22H25N3O3.ClH/c1-14(2)12-25-19(11-23)21(15-6-4-3-5-7-15)17-9-8-16(28-13-20(24)26)10-18(17)22(25)27;/h3-10,14H,11-13,23H2,1-2H3,(H2,24,26);1H. The number of carbonyl (C=O) groups is 1. The summed E-state index contributed by atoms with van der Waals surface area (Å²) in [7, 11) is 0. The number of benzene rings is 2. The van der Waals surface area contributed by atoms with Crippen molar-refractivity contribution in [3.63, 3.8) is 0 Å². The predicted octanol–water partition coefficient (Wildman–Crippen LogP) is 3.07. The smallest absolute Gasteiger partial charge is 0.258 e. The Labute approximate surface area is 175 Å². The van der Waals surface area contributed by atoms with Gasteiger partial charge in [0.15, 0.2) is 6.61 Å². The number of amides is 1. The van der Waals surface area contributed by atoms with Crippen LogP contribution in [-0.2, 0) is 17.9 Å². The van der Waals surface area contributed by atoms with Crippen molar-refractivity contribution in [2.75, 3.05) is 6.61 Å². The van der Waals surface area contributed by atoms with Gasteiger partial charge < -0.3 is 20.8 Å². The van der Waals surface area contributed by atoms with E-state index >= 15 is 0 Å². The summed E-state index contributed by atoms with van der Waals surface area (Å²) in [5, 5.41) is 1.33. The van der Waals surface area contributed by atoms with Crippen LogP contribution in [0.25, 0.3) is 21.9 Å². The highest BCUT2D eigenvalue weighted by Crippen LogP contribution is 2.32. The van der Waals surface area contributed by atoms with Gasteiger partial charge in [0.25, 0.3) is 11.5 Å². The molecule has 3 rings (SSSR count). The van der Waals surface area contributed by atoms with Crippen LogP contribution in [0.1, 0.15) is 19.5 Å². The van der Waals surface area contributed by atoms with Crippen LogP contribution < -0.4 is 21.8 Å². The summed E-state index contributed by atoms with van der Waals surface area (Å²) in [5.41, 5.74) is 13.9. The summed E-state index contributed by atoms with van der Waals surface area (Å²) < 4.78 is 7.16. The first-order valence-corrected chi connectivity index (χ1v) is 9.28. The Morgan fingerprint density at radius 3 is 2.38 bits per heavy atom. The van der Waals surface area contributed by atoms with E-state index in [4.69, 9.17) is 16.2 Å². The average Bonchev–Trinajstić information content (AvgIpc) is 2.68. The molecule has 154 valence electrons. The van der Waals surface area contributed by atoms with E-state index in [0.29, 0.717) is 17.7 Å². The maximum absolute atomic E-state index is 13.3. The zero-order valence-corrected chi connectivity index (χ0v) is 17.4. The first-order chi connectivity index (χ1) is 13.4. The molecule has 29 heavy (non-hydrogen) atoms. The van der Waals surface area contributed by atoms with Crippen LogP contribution in [0.4, 0.5) is 0 Å². The summed E-state index contributed by atoms with van der Waals surface area (Å²) in [6, 6.07) is 15.1. The third-order valence-corrected chi connectivity index (χ3v) is 4.53. The molecule has 0 aliphatic heterocycles. The molecule has 1 amide bonds. The topological polar surface area (TPSA) is 100 Å². The van der Waals surface area contributed by atoms with Crippen molar-refractivity contribution in [2.24, 2.45) is 17.4 Å². The van der Waals surface area contributed by atoms with Crippen molar-refractivity contribution in [1.82, 2.24) is 4.57 Å². The number of rotatable bonds is 7. The maximum Gasteiger partial charge on any atom is 0.258 e. The highest BCUT2D eigenvalue weighted by Gasteiger charge is 2.18. The molecule has 4 N–H and O–H groups in total. The molecule has 0 spiro atoms. The Balaban J connectivity index is 0.00000300. The zero-order chi connectivity index (χ0) is 20.3. The third-order valence-electron chi connectivity index (χ3n) is 4.53. The Morgan fingerprint density at radius 2 is 1.79 bits per heavy atom. The van der Waals surface area contributed by atoms with E-state index in [1.54, 1.807) is 16.7 Å². The zero-order valence-electron chi connectivity index (χ0n) is 16.6. The molecule has 1 aromatic heterocycles. The van der Waals surface area contributed by atoms with Gasteiger partial charge in [0.1, 0.15) is 5.75 Å². The summed E-state index contributed by atoms with van der Waals surface area (Å²) >= 11 is 0. The van der Waals surface area contributed by atoms with E-state index in [1.165, 1.54) is 0 Å². The van der Waals surface area contributed by atoms with Gasteiger partial charge in [-0.1, -0.05) is 44.2 Å². The quantitative estimate of drug-likeness (QED) is 0.619. The van der Waals surface area contributed by atoms with Gasteiger partial charge in [-0.05, 0) is 35.1 Å². The van der Waals surface area contributed by atoms with E-state index < -0.39 is 5.91 Å². The average molecular weight is 416 g/mol. The predicted molar refractivity (Wildman–Crippen MR) is 118 cm³/mol. The van der Waals surface area contributed by atoms with Crippen molar-refractivity contribution < 1.29 is 9.53 Å². The molecule has 2 aromatic carbocycles. The highest BCUT2D eigenvalue weighted by molar-refractivity contribution is 5.98. The summed E-state index contributed by atoms with van der Waals surface area (Å²) in [4.78, 5) is 24.3. The van der Waals surface area contributed by atoms with Crippen molar-refractivity contribution in [2.45, 2.75) is 26.9 Å². The number of halogens is 1. The van der Waals surface area contributed by atoms with Gasteiger partial charge in [-0.2, -0.15) is 0 Å². The fraction of sp³-hybridized carbons (Fsp3) is 0.273. The second-order valence-electron chi connectivity index (χ2n) is 7.16. The molecule has 0 fully saturated rings. The molecule has 0 aliphatic carbocycles. The van der Waals surface area contributed by atoms with Crippen LogP contribution in [0.5, 0.6) is 5.75 Å². The van der Waals surface area contributed by atoms with Gasteiger partial charge in [-0.25, -0.2) is 0 Å². The minimum Gasteiger partial charge on any atom is -0.484 e. The van der Waals surface area contributed by atoms with Gasteiger partial charge in [0, 0.05) is 24.3 Å². The first-order valence-electron chi connectivity index (χ1n) is 9.28. The molecular weight excluding hydrogens is 390 g/mol. The minimum absolute atomic E-state index is 0. The number of aromatic nitrogens is 1. The number of pyridine rings is 1. The molecule has 6 nitrogen and oxygen atoms in total. The molecule has 0 aliphatic rings. The Hall–Kier alpha value is -2.83. The summed E-state index contributed by atoms with van der Waals surface area (Å²) in [6.07, 6.45) is 0. The van der Waals surface area contributed by atoms with E-state index in [9.17, 15) is 9.59 Å². The minimum atomic E-state index is -0.569. The van der Waals surface area contributed by atoms with Crippen LogP contribution in [0, 0.1) is 5.92 Å². The van der Waals surface area contributed by atoms with E-state index in [1.807, 2.05) is 36.4 Å². The van der Waals surface area contributed by atoms with E-state index in [2.05, 4.69) is 13.8 Å². The Kier molecular flexibility index (Phi) is 7.42. The van der Waals surface area contributed by atoms with Crippen LogP contribution in [0.15, 0.2) is 53.3 Å². The highest BCUT2D eigenvalue weighted by atomic mass is 35.5. The van der Waals surface area contributed by atoms with Gasteiger partial charge in [0.2, 0.25) is 0 Å². The SMILES string of the molecule is CC(C)Cn1c(CN)c(-c2ccccc2)c2ccc(OCC(N)=O)cc2c1=O.Cl. The normalized spacial score (nSPS) is 10.8. The lowest BCUT2D eigenvalue weighted by atomic mass is 9.96. The Morgan fingerprint density at radius 1 is 1.10 bits per heavy atom. The van der Waals surface area contributed by atoms with E-state index in [0.717, 1.165) is 22.2 Å². The fourth-order valence-corrected chi connectivity index (χ4v) is 3.42.